The van der Waals surface area contributed by atoms with Gasteiger partial charge in [0.2, 0.25) is 0 Å². The normalized spacial score (nSPS) is 11.5. The largest absolute Gasteiger partial charge is 0.398 e. The molecule has 0 atom stereocenters. The Kier molecular flexibility index (Phi) is 4.54. The Balaban J connectivity index is 1.58. The van der Waals surface area contributed by atoms with E-state index in [2.05, 4.69) is 36.4 Å². The first-order chi connectivity index (χ1) is 13.2. The van der Waals surface area contributed by atoms with E-state index in [9.17, 15) is 0 Å². The Morgan fingerprint density at radius 3 is 1.96 bits per heavy atom. The summed E-state index contributed by atoms with van der Waals surface area (Å²) in [6.07, 6.45) is 1.72. The third kappa shape index (κ3) is 3.65. The zero-order valence-corrected chi connectivity index (χ0v) is 14.9. The third-order valence-corrected chi connectivity index (χ3v) is 4.69. The second-order valence-electron chi connectivity index (χ2n) is 6.52. The van der Waals surface area contributed by atoms with Gasteiger partial charge >= 0.3 is 0 Å². The molecule has 2 nitrogen and oxygen atoms in total. The summed E-state index contributed by atoms with van der Waals surface area (Å²) in [5.74, 6) is 0. The molecule has 0 heterocycles. The fourth-order valence-corrected chi connectivity index (χ4v) is 3.16. The number of hydrogen-bond acceptors (Lipinski definition) is 2. The van der Waals surface area contributed by atoms with Gasteiger partial charge in [0.05, 0.1) is 5.71 Å². The smallest absolute Gasteiger partial charge is 0.0633 e. The first-order valence-electron chi connectivity index (χ1n) is 8.91. The van der Waals surface area contributed by atoms with Gasteiger partial charge in [0.15, 0.2) is 0 Å². The molecule has 0 aliphatic rings. The summed E-state index contributed by atoms with van der Waals surface area (Å²) < 4.78 is 0. The number of fused-ring (bicyclic) bond motifs is 1. The van der Waals surface area contributed by atoms with E-state index in [1.165, 1.54) is 10.9 Å². The lowest BCUT2D eigenvalue weighted by Gasteiger charge is -2.07. The first-order valence-corrected chi connectivity index (χ1v) is 8.91. The van der Waals surface area contributed by atoms with Crippen LogP contribution in [0.2, 0.25) is 0 Å². The van der Waals surface area contributed by atoms with Gasteiger partial charge in [-0.2, -0.15) is 0 Å². The van der Waals surface area contributed by atoms with Crippen molar-refractivity contribution < 1.29 is 0 Å². The molecule has 0 radical (unpaired) electrons. The topological polar surface area (TPSA) is 49.9 Å². The minimum absolute atomic E-state index is 0.408. The van der Waals surface area contributed by atoms with Gasteiger partial charge in [-0.25, -0.2) is 0 Å². The second kappa shape index (κ2) is 7.30. The van der Waals surface area contributed by atoms with Crippen LogP contribution in [0.5, 0.6) is 0 Å². The number of rotatable bonds is 4. The molecular weight excluding hydrogens is 328 g/mol. The lowest BCUT2D eigenvalue weighted by Crippen LogP contribution is -2.02. The van der Waals surface area contributed by atoms with Gasteiger partial charge in [-0.3, -0.25) is 0 Å². The van der Waals surface area contributed by atoms with E-state index < -0.39 is 0 Å². The molecule has 0 spiro atoms. The van der Waals surface area contributed by atoms with E-state index in [0.29, 0.717) is 11.4 Å². The molecule has 0 amide bonds. The van der Waals surface area contributed by atoms with Crippen molar-refractivity contribution >= 4 is 22.2 Å². The van der Waals surface area contributed by atoms with Crippen LogP contribution in [0, 0.1) is 5.41 Å². The van der Waals surface area contributed by atoms with Gasteiger partial charge in [0.1, 0.15) is 0 Å². The van der Waals surface area contributed by atoms with Gasteiger partial charge < -0.3 is 11.1 Å². The third-order valence-electron chi connectivity index (χ3n) is 4.69. The molecule has 4 aromatic carbocycles. The fraction of sp³-hybridized carbons (Fsp3) is 0. The fourth-order valence-electron chi connectivity index (χ4n) is 3.16. The number of nitrogens with one attached hydrogen (secondary N) is 1. The molecule has 4 rings (SSSR count). The highest BCUT2D eigenvalue weighted by atomic mass is 14.6. The van der Waals surface area contributed by atoms with Crippen molar-refractivity contribution in [1.82, 2.24) is 0 Å². The molecule has 0 bridgehead atoms. The van der Waals surface area contributed by atoms with Crippen LogP contribution < -0.4 is 5.73 Å². The van der Waals surface area contributed by atoms with Crippen molar-refractivity contribution in [2.24, 2.45) is 5.73 Å². The number of benzene rings is 4. The molecule has 4 aromatic rings. The zero-order chi connectivity index (χ0) is 18.6. The second-order valence-corrected chi connectivity index (χ2v) is 6.52. The van der Waals surface area contributed by atoms with Gasteiger partial charge in [0.25, 0.3) is 0 Å². The van der Waals surface area contributed by atoms with Crippen LogP contribution in [0.4, 0.5) is 0 Å². The average molecular weight is 348 g/mol. The Morgan fingerprint density at radius 2 is 1.22 bits per heavy atom. The molecule has 2 heteroatoms. The van der Waals surface area contributed by atoms with Crippen LogP contribution in [0.1, 0.15) is 11.1 Å². The van der Waals surface area contributed by atoms with Crippen LogP contribution in [0.3, 0.4) is 0 Å². The molecule has 0 aromatic heterocycles. The lowest BCUT2D eigenvalue weighted by molar-refractivity contribution is 1.47. The van der Waals surface area contributed by atoms with Crippen LogP contribution in [0.25, 0.3) is 27.6 Å². The summed E-state index contributed by atoms with van der Waals surface area (Å²) in [7, 11) is 0. The summed E-state index contributed by atoms with van der Waals surface area (Å²) >= 11 is 0. The summed E-state index contributed by atoms with van der Waals surface area (Å²) in [6, 6.07) is 32.6. The summed E-state index contributed by atoms with van der Waals surface area (Å²) in [4.78, 5) is 0. The summed E-state index contributed by atoms with van der Waals surface area (Å²) in [5.41, 5.74) is 11.4. The Bertz CT molecular complexity index is 1120. The lowest BCUT2D eigenvalue weighted by atomic mass is 10.0. The molecular formula is C25H20N2. The SMILES string of the molecule is N=C(/C=C(\N)c1ccc(-c2ccccc2)cc1)c1ccc2ccccc2c1. The molecule has 3 N–H and O–H groups in total. The van der Waals surface area contributed by atoms with Gasteiger partial charge in [-0.05, 0) is 39.6 Å². The molecule has 0 aliphatic heterocycles. The van der Waals surface area contributed by atoms with E-state index in [-0.39, 0.29) is 0 Å². The molecule has 0 saturated heterocycles. The van der Waals surface area contributed by atoms with Crippen molar-refractivity contribution in [3.8, 4) is 11.1 Å². The zero-order valence-electron chi connectivity index (χ0n) is 14.9. The van der Waals surface area contributed by atoms with Crippen molar-refractivity contribution in [1.29, 1.82) is 5.41 Å². The van der Waals surface area contributed by atoms with Crippen LogP contribution in [0.15, 0.2) is 103 Å². The van der Waals surface area contributed by atoms with Crippen LogP contribution >= 0.6 is 0 Å². The minimum Gasteiger partial charge on any atom is -0.398 e. The van der Waals surface area contributed by atoms with E-state index >= 15 is 0 Å². The maximum atomic E-state index is 8.41. The maximum absolute atomic E-state index is 8.41. The van der Waals surface area contributed by atoms with Gasteiger partial charge in [-0.1, -0.05) is 91.0 Å². The van der Waals surface area contributed by atoms with Crippen LogP contribution in [-0.4, -0.2) is 5.71 Å². The molecule has 0 unspecified atom stereocenters. The van der Waals surface area contributed by atoms with Gasteiger partial charge in [0, 0.05) is 11.3 Å². The quantitative estimate of drug-likeness (QED) is 0.445. The highest BCUT2D eigenvalue weighted by molar-refractivity contribution is 6.11. The minimum atomic E-state index is 0.408. The standard InChI is InChI=1S/C25H20N2/c26-24(21-13-10-20(11-14-21)18-6-2-1-3-7-18)17-25(27)23-15-12-19-8-4-5-9-22(19)16-23/h1-17,27H,26H2/b24-17-,27-25?. The van der Waals surface area contributed by atoms with Crippen molar-refractivity contribution in [2.75, 3.05) is 0 Å². The summed E-state index contributed by atoms with van der Waals surface area (Å²) in [6.45, 7) is 0. The predicted octanol–water partition coefficient (Wildman–Crippen LogP) is 5.87. The number of hydrogen-bond donors (Lipinski definition) is 2. The van der Waals surface area contributed by atoms with E-state index in [1.54, 1.807) is 6.08 Å². The monoisotopic (exact) mass is 348 g/mol. The van der Waals surface area contributed by atoms with Crippen LogP contribution in [-0.2, 0) is 0 Å². The maximum Gasteiger partial charge on any atom is 0.0633 e. The Labute approximate surface area is 159 Å². The van der Waals surface area contributed by atoms with Crippen molar-refractivity contribution in [2.45, 2.75) is 0 Å². The summed E-state index contributed by atoms with van der Waals surface area (Å²) in [5, 5.41) is 10.7. The molecule has 0 aliphatic carbocycles. The van der Waals surface area contributed by atoms with Crippen molar-refractivity contribution in [3.05, 3.63) is 114 Å². The number of nitrogens with two attached hydrogens (primary N) is 1. The Hall–Kier alpha value is -3.65. The predicted molar refractivity (Wildman–Crippen MR) is 115 cm³/mol. The highest BCUT2D eigenvalue weighted by Crippen LogP contribution is 2.22. The highest BCUT2D eigenvalue weighted by Gasteiger charge is 2.04. The van der Waals surface area contributed by atoms with E-state index in [1.807, 2.05) is 60.7 Å². The molecule has 27 heavy (non-hydrogen) atoms. The molecule has 0 saturated carbocycles. The molecule has 130 valence electrons. The Morgan fingerprint density at radius 1 is 0.630 bits per heavy atom. The van der Waals surface area contributed by atoms with E-state index in [0.717, 1.165) is 22.1 Å². The average Bonchev–Trinajstić information content (AvgIpc) is 2.74. The molecule has 0 fully saturated rings. The number of allylic oxidation sites excluding steroid dienone is 1. The van der Waals surface area contributed by atoms with Crippen molar-refractivity contribution in [3.63, 3.8) is 0 Å². The van der Waals surface area contributed by atoms with E-state index in [4.69, 9.17) is 11.1 Å². The first kappa shape index (κ1) is 16.8. The van der Waals surface area contributed by atoms with Gasteiger partial charge in [-0.15, -0.1) is 0 Å².